The first-order chi connectivity index (χ1) is 18.5. The Morgan fingerprint density at radius 3 is 2.23 bits per heavy atom. The third-order valence-corrected chi connectivity index (χ3v) is 7.66. The summed E-state index contributed by atoms with van der Waals surface area (Å²) in [6.07, 6.45) is -11.6. The van der Waals surface area contributed by atoms with Gasteiger partial charge in [0.25, 0.3) is 0 Å². The maximum Gasteiger partial charge on any atom is 0.417 e. The lowest BCUT2D eigenvalue weighted by Crippen LogP contribution is -2.51. The van der Waals surface area contributed by atoms with Crippen molar-refractivity contribution < 1.29 is 50.2 Å². The largest absolute Gasteiger partial charge is 0.443 e. The van der Waals surface area contributed by atoms with Crippen LogP contribution in [0.5, 0.6) is 0 Å². The van der Waals surface area contributed by atoms with Crippen LogP contribution in [0.1, 0.15) is 37.0 Å². The van der Waals surface area contributed by atoms with E-state index >= 15 is 0 Å². The molecule has 210 valence electrons. The number of nitriles is 1. The Balaban J connectivity index is 1.38. The average Bonchev–Trinajstić information content (AvgIpc) is 3.37. The fraction of sp³-hybridized carbons (Fsp3) is 0.385. The monoisotopic (exact) mass is 567 g/mol. The van der Waals surface area contributed by atoms with Gasteiger partial charge in [-0.05, 0) is 56.3 Å². The van der Waals surface area contributed by atoms with Crippen molar-refractivity contribution in [3.05, 3.63) is 59.2 Å². The lowest BCUT2D eigenvalue weighted by molar-refractivity contribution is -0.138. The average molecular weight is 567 g/mol. The number of fused-ring (bicyclic) bond motifs is 5. The summed E-state index contributed by atoms with van der Waals surface area (Å²) in [6, 6.07) is 7.55. The number of nitrogens with zero attached hydrogens (tertiary/aromatic N) is 2. The number of rotatable bonds is 3. The van der Waals surface area contributed by atoms with E-state index in [1.165, 1.54) is 19.9 Å². The van der Waals surface area contributed by atoms with Gasteiger partial charge >= 0.3 is 18.4 Å². The molecule has 0 spiro atoms. The van der Waals surface area contributed by atoms with Crippen LogP contribution in [0.2, 0.25) is 0 Å². The van der Waals surface area contributed by atoms with E-state index in [2.05, 4.69) is 5.32 Å². The molecular formula is C26H19F6N3O5. The van der Waals surface area contributed by atoms with Gasteiger partial charge < -0.3 is 9.47 Å². The van der Waals surface area contributed by atoms with Gasteiger partial charge in [0.2, 0.25) is 11.8 Å². The molecule has 0 aliphatic carbocycles. The second-order valence-corrected chi connectivity index (χ2v) is 10.2. The van der Waals surface area contributed by atoms with Crippen molar-refractivity contribution in [3.63, 3.8) is 0 Å². The fourth-order valence-corrected chi connectivity index (χ4v) is 5.93. The number of nitrogens with one attached hydrogen (secondary N) is 1. The third kappa shape index (κ3) is 4.16. The number of benzene rings is 2. The van der Waals surface area contributed by atoms with E-state index in [-0.39, 0.29) is 17.8 Å². The van der Waals surface area contributed by atoms with Crippen LogP contribution < -0.4 is 10.2 Å². The van der Waals surface area contributed by atoms with Gasteiger partial charge in [0.1, 0.15) is 11.7 Å². The molecule has 14 heteroatoms. The Labute approximate surface area is 222 Å². The maximum atomic E-state index is 13.5. The first kappa shape index (κ1) is 27.4. The van der Waals surface area contributed by atoms with E-state index in [4.69, 9.17) is 14.7 Å². The molecule has 3 amide bonds. The van der Waals surface area contributed by atoms with Crippen LogP contribution in [0, 0.1) is 23.2 Å². The maximum absolute atomic E-state index is 13.5. The number of imide groups is 1. The number of carbonyl (C=O) groups is 3. The minimum absolute atomic E-state index is 0.0101. The highest BCUT2D eigenvalue weighted by Gasteiger charge is 2.77. The zero-order chi connectivity index (χ0) is 29.4. The van der Waals surface area contributed by atoms with Crippen molar-refractivity contribution >= 4 is 29.3 Å². The molecule has 3 aliphatic rings. The Morgan fingerprint density at radius 2 is 1.65 bits per heavy atom. The van der Waals surface area contributed by atoms with Crippen molar-refractivity contribution in [1.82, 2.24) is 0 Å². The molecular weight excluding hydrogens is 548 g/mol. The highest BCUT2D eigenvalue weighted by atomic mass is 19.4. The highest BCUT2D eigenvalue weighted by molar-refractivity contribution is 6.23. The summed E-state index contributed by atoms with van der Waals surface area (Å²) in [5, 5.41) is 11.4. The summed E-state index contributed by atoms with van der Waals surface area (Å²) >= 11 is 0. The standard InChI is InChI=1S/C26H19F6N3O5/c1-23-10-17(39-22(38)34-14-6-4-13(5-7-14)25(27,28)29)24(2,40-23)19-18(23)20(36)35(21(19)37)15-8-3-12(11-33)16(9-15)26(30,31)32/h3-9,17-19H,10H2,1-2H3,(H,34,38)/t17-,18-,19+,23-,24+/m1/s1. The summed E-state index contributed by atoms with van der Waals surface area (Å²) in [5.41, 5.74) is -6.08. The molecule has 0 aromatic heterocycles. The van der Waals surface area contributed by atoms with Crippen LogP contribution in [0.4, 0.5) is 42.5 Å². The van der Waals surface area contributed by atoms with Crippen molar-refractivity contribution in [2.45, 2.75) is 49.9 Å². The number of amides is 3. The number of hydrogen-bond donors (Lipinski definition) is 1. The van der Waals surface area contributed by atoms with Crippen LogP contribution in [0.15, 0.2) is 42.5 Å². The van der Waals surface area contributed by atoms with Crippen LogP contribution >= 0.6 is 0 Å². The van der Waals surface area contributed by atoms with Crippen molar-refractivity contribution in [2.24, 2.45) is 11.8 Å². The number of ether oxygens (including phenoxy) is 2. The molecule has 5 rings (SSSR count). The van der Waals surface area contributed by atoms with E-state index in [1.807, 2.05) is 0 Å². The Bertz CT molecular complexity index is 1470. The SMILES string of the molecule is C[C@]12O[C@](C)(C[C@H]1OC(=O)Nc1ccc(C(F)(F)F)cc1)[C@H]1C(=O)N(c3ccc(C#N)c(C(F)(F)F)c3)C(=O)[C@H]12. The first-order valence-electron chi connectivity index (χ1n) is 11.8. The molecule has 3 aliphatic heterocycles. The minimum atomic E-state index is -4.91. The minimum Gasteiger partial charge on any atom is -0.443 e. The van der Waals surface area contributed by atoms with E-state index in [0.717, 1.165) is 36.4 Å². The molecule has 0 saturated carbocycles. The molecule has 2 aromatic rings. The van der Waals surface area contributed by atoms with Gasteiger partial charge in [0.05, 0.1) is 45.9 Å². The predicted molar refractivity (Wildman–Crippen MR) is 123 cm³/mol. The second kappa shape index (κ2) is 8.69. The lowest BCUT2D eigenvalue weighted by atomic mass is 9.67. The Kier molecular flexibility index (Phi) is 5.96. The molecule has 3 saturated heterocycles. The molecule has 0 radical (unpaired) electrons. The molecule has 2 bridgehead atoms. The number of halogens is 6. The van der Waals surface area contributed by atoms with E-state index in [0.29, 0.717) is 11.0 Å². The smallest absolute Gasteiger partial charge is 0.417 e. The van der Waals surface area contributed by atoms with Crippen molar-refractivity contribution in [2.75, 3.05) is 10.2 Å². The van der Waals surface area contributed by atoms with Crippen LogP contribution in [-0.4, -0.2) is 35.2 Å². The number of anilines is 2. The molecule has 2 aromatic carbocycles. The van der Waals surface area contributed by atoms with Crippen LogP contribution in [0.25, 0.3) is 0 Å². The number of hydrogen-bond acceptors (Lipinski definition) is 6. The van der Waals surface area contributed by atoms with Gasteiger partial charge in [-0.3, -0.25) is 14.9 Å². The Morgan fingerprint density at radius 1 is 1.02 bits per heavy atom. The zero-order valence-electron chi connectivity index (χ0n) is 20.7. The molecule has 5 atom stereocenters. The molecule has 3 fully saturated rings. The molecule has 0 unspecified atom stereocenters. The van der Waals surface area contributed by atoms with E-state index < -0.39 is 76.1 Å². The van der Waals surface area contributed by atoms with E-state index in [1.54, 1.807) is 0 Å². The summed E-state index contributed by atoms with van der Waals surface area (Å²) in [6.45, 7) is 2.98. The summed E-state index contributed by atoms with van der Waals surface area (Å²) in [4.78, 5) is 40.1. The first-order valence-corrected chi connectivity index (χ1v) is 11.8. The summed E-state index contributed by atoms with van der Waals surface area (Å²) < 4.78 is 90.4. The van der Waals surface area contributed by atoms with Gasteiger partial charge in [0, 0.05) is 12.1 Å². The zero-order valence-corrected chi connectivity index (χ0v) is 20.7. The molecule has 3 heterocycles. The number of alkyl halides is 6. The lowest BCUT2D eigenvalue weighted by Gasteiger charge is -2.34. The molecule has 40 heavy (non-hydrogen) atoms. The summed E-state index contributed by atoms with van der Waals surface area (Å²) in [7, 11) is 0. The quantitative estimate of drug-likeness (QED) is 0.400. The van der Waals surface area contributed by atoms with Crippen LogP contribution in [0.3, 0.4) is 0 Å². The highest BCUT2D eigenvalue weighted by Crippen LogP contribution is 2.62. The van der Waals surface area contributed by atoms with Crippen LogP contribution in [-0.2, 0) is 31.4 Å². The normalized spacial score (nSPS) is 29.4. The van der Waals surface area contributed by atoms with Gasteiger partial charge in [-0.2, -0.15) is 31.6 Å². The third-order valence-electron chi connectivity index (χ3n) is 7.66. The Hall–Kier alpha value is -4.12. The van der Waals surface area contributed by atoms with Crippen molar-refractivity contribution in [3.8, 4) is 6.07 Å². The molecule has 8 nitrogen and oxygen atoms in total. The molecule has 1 N–H and O–H groups in total. The predicted octanol–water partition coefficient (Wildman–Crippen LogP) is 5.27. The van der Waals surface area contributed by atoms with Gasteiger partial charge in [-0.1, -0.05) is 0 Å². The van der Waals surface area contributed by atoms with Crippen molar-refractivity contribution in [1.29, 1.82) is 5.26 Å². The summed E-state index contributed by atoms with van der Waals surface area (Å²) in [5.74, 6) is -3.91. The van der Waals surface area contributed by atoms with Gasteiger partial charge in [0.15, 0.2) is 0 Å². The van der Waals surface area contributed by atoms with Gasteiger partial charge in [-0.15, -0.1) is 0 Å². The van der Waals surface area contributed by atoms with Gasteiger partial charge in [-0.25, -0.2) is 9.69 Å². The number of carbonyl (C=O) groups excluding carboxylic acids is 3. The second-order valence-electron chi connectivity index (χ2n) is 10.2. The fourth-order valence-electron chi connectivity index (χ4n) is 5.93. The topological polar surface area (TPSA) is 109 Å². The van der Waals surface area contributed by atoms with E-state index in [9.17, 15) is 40.7 Å².